The second-order valence-electron chi connectivity index (χ2n) is 6.06. The molecule has 0 bridgehead atoms. The Kier molecular flexibility index (Phi) is 2.65. The van der Waals surface area contributed by atoms with Gasteiger partial charge in [-0.25, -0.2) is 4.73 Å². The predicted molar refractivity (Wildman–Crippen MR) is 94.5 cm³/mol. The first-order chi connectivity index (χ1) is 12.2. The van der Waals surface area contributed by atoms with E-state index in [1.165, 1.54) is 0 Å². The lowest BCUT2D eigenvalue weighted by Gasteiger charge is -2.08. The second-order valence-corrected chi connectivity index (χ2v) is 6.06. The first kappa shape index (κ1) is 13.9. The first-order valence-electron chi connectivity index (χ1n) is 7.95. The molecule has 1 aromatic heterocycles. The minimum atomic E-state index is 0.194. The van der Waals surface area contributed by atoms with Crippen molar-refractivity contribution in [3.63, 3.8) is 0 Å². The minimum absolute atomic E-state index is 0.194. The van der Waals surface area contributed by atoms with Crippen molar-refractivity contribution in [3.8, 4) is 39.7 Å². The van der Waals surface area contributed by atoms with Gasteiger partial charge in [0.2, 0.25) is 5.69 Å². The Morgan fingerprint density at radius 1 is 0.960 bits per heavy atom. The van der Waals surface area contributed by atoms with E-state index in [9.17, 15) is 10.4 Å². The maximum atomic E-state index is 13.0. The molecule has 0 saturated carbocycles. The van der Waals surface area contributed by atoms with E-state index in [4.69, 9.17) is 4.74 Å². The summed E-state index contributed by atoms with van der Waals surface area (Å²) in [6.07, 6.45) is 0. The van der Waals surface area contributed by atoms with Crippen molar-refractivity contribution in [2.24, 2.45) is 0 Å². The van der Waals surface area contributed by atoms with Crippen LogP contribution in [0.5, 0.6) is 5.75 Å². The number of hydrogen-bond donors (Lipinski definition) is 1. The average Bonchev–Trinajstić information content (AvgIpc) is 3.11. The van der Waals surface area contributed by atoms with Gasteiger partial charge >= 0.3 is 5.82 Å². The summed E-state index contributed by atoms with van der Waals surface area (Å²) in [6.45, 7) is 0. The van der Waals surface area contributed by atoms with Gasteiger partial charge in [-0.3, -0.25) is 0 Å². The number of benzene rings is 3. The van der Waals surface area contributed by atoms with Crippen LogP contribution in [-0.2, 0) is 0 Å². The molecule has 1 aliphatic carbocycles. The normalized spacial score (nSPS) is 11.7. The number of ether oxygens (including phenoxy) is 1. The molecule has 0 atom stereocenters. The Morgan fingerprint density at radius 3 is 2.32 bits per heavy atom. The summed E-state index contributed by atoms with van der Waals surface area (Å²) in [5.41, 5.74) is 3.36. The number of rotatable bonds is 2. The third-order valence-electron chi connectivity index (χ3n) is 4.80. The lowest BCUT2D eigenvalue weighted by Crippen LogP contribution is -2.29. The minimum Gasteiger partial charge on any atom is -0.710 e. The van der Waals surface area contributed by atoms with Crippen LogP contribution >= 0.6 is 0 Å². The van der Waals surface area contributed by atoms with Crippen LogP contribution in [0.3, 0.4) is 0 Å². The summed E-state index contributed by atoms with van der Waals surface area (Å²) in [7, 11) is 1.59. The first-order valence-corrected chi connectivity index (χ1v) is 7.95. The third-order valence-corrected chi connectivity index (χ3v) is 4.80. The molecular formula is C20H14N2O3. The Morgan fingerprint density at radius 2 is 1.64 bits per heavy atom. The molecule has 0 spiro atoms. The summed E-state index contributed by atoms with van der Waals surface area (Å²) in [4.78, 5) is 0. The van der Waals surface area contributed by atoms with Crippen molar-refractivity contribution in [2.75, 3.05) is 7.11 Å². The fourth-order valence-corrected chi connectivity index (χ4v) is 3.69. The van der Waals surface area contributed by atoms with Crippen molar-refractivity contribution in [1.29, 1.82) is 0 Å². The van der Waals surface area contributed by atoms with Crippen LogP contribution in [0.25, 0.3) is 44.7 Å². The maximum absolute atomic E-state index is 13.0. The van der Waals surface area contributed by atoms with E-state index >= 15 is 0 Å². The molecule has 5 rings (SSSR count). The van der Waals surface area contributed by atoms with E-state index < -0.39 is 0 Å². The summed E-state index contributed by atoms with van der Waals surface area (Å²) in [6, 6.07) is 18.8. The third kappa shape index (κ3) is 1.69. The van der Waals surface area contributed by atoms with E-state index in [1.807, 2.05) is 36.4 Å². The molecule has 0 unspecified atom stereocenters. The molecule has 0 aliphatic heterocycles. The van der Waals surface area contributed by atoms with Crippen molar-refractivity contribution in [2.45, 2.75) is 0 Å². The van der Waals surface area contributed by atoms with E-state index in [0.29, 0.717) is 22.7 Å². The van der Waals surface area contributed by atoms with Crippen LogP contribution in [-0.4, -0.2) is 17.0 Å². The van der Waals surface area contributed by atoms with Gasteiger partial charge in [0, 0.05) is 16.5 Å². The Labute approximate surface area is 143 Å². The molecule has 4 aromatic rings. The summed E-state index contributed by atoms with van der Waals surface area (Å²) in [5, 5.41) is 25.9. The number of fused-ring (bicyclic) bond motifs is 3. The molecule has 0 saturated heterocycles. The smallest absolute Gasteiger partial charge is 0.332 e. The lowest BCUT2D eigenvalue weighted by atomic mass is 10.0. The van der Waals surface area contributed by atoms with Crippen LogP contribution in [0.15, 0.2) is 60.7 Å². The highest BCUT2D eigenvalue weighted by Gasteiger charge is 2.37. The number of hydrogen-bond acceptors (Lipinski definition) is 3. The monoisotopic (exact) mass is 330 g/mol. The molecule has 1 heterocycles. The summed E-state index contributed by atoms with van der Waals surface area (Å²) in [5.74, 6) is 0.888. The zero-order valence-corrected chi connectivity index (χ0v) is 13.4. The quantitative estimate of drug-likeness (QED) is 0.304. The van der Waals surface area contributed by atoms with E-state index in [1.54, 1.807) is 31.4 Å². The van der Waals surface area contributed by atoms with Gasteiger partial charge in [-0.1, -0.05) is 24.3 Å². The number of imidazole rings is 1. The molecule has 5 heteroatoms. The van der Waals surface area contributed by atoms with Crippen molar-refractivity contribution in [1.82, 2.24) is 4.73 Å². The van der Waals surface area contributed by atoms with Gasteiger partial charge in [-0.05, 0) is 46.5 Å². The highest BCUT2D eigenvalue weighted by atomic mass is 16.5. The average molecular weight is 330 g/mol. The second kappa shape index (κ2) is 4.77. The number of aromatic nitrogens is 2. The maximum Gasteiger partial charge on any atom is 0.332 e. The zero-order valence-electron chi connectivity index (χ0n) is 13.4. The Balaban J connectivity index is 1.82. The van der Waals surface area contributed by atoms with Crippen LogP contribution < -0.4 is 9.47 Å². The Hall–Kier alpha value is -3.47. The van der Waals surface area contributed by atoms with Crippen molar-refractivity contribution in [3.05, 3.63) is 65.9 Å². The van der Waals surface area contributed by atoms with Gasteiger partial charge in [-0.15, -0.1) is 0 Å². The Bertz CT molecular complexity index is 1080. The fourth-order valence-electron chi connectivity index (χ4n) is 3.69. The molecule has 122 valence electrons. The SMILES string of the molecule is COc1ccc(-c2n(O)c3c([n+]2[O-])-c2cccc4cccc-3c24)cc1. The topological polar surface area (TPSA) is 61.3 Å². The van der Waals surface area contributed by atoms with Gasteiger partial charge in [0.15, 0.2) is 5.69 Å². The molecule has 0 amide bonds. The fraction of sp³-hybridized carbons (Fsp3) is 0.0500. The highest BCUT2D eigenvalue weighted by Crippen LogP contribution is 2.46. The van der Waals surface area contributed by atoms with Gasteiger partial charge in [0.05, 0.1) is 12.7 Å². The van der Waals surface area contributed by atoms with Crippen molar-refractivity contribution < 1.29 is 14.7 Å². The number of methoxy groups -OCH3 is 1. The molecule has 1 N–H and O–H groups in total. The molecule has 1 aliphatic rings. The molecule has 0 fully saturated rings. The van der Waals surface area contributed by atoms with Gasteiger partial charge in [0.1, 0.15) is 5.75 Å². The molecule has 25 heavy (non-hydrogen) atoms. The molecule has 5 nitrogen and oxygen atoms in total. The summed E-state index contributed by atoms with van der Waals surface area (Å²) < 4.78 is 6.97. The molecular weight excluding hydrogens is 316 g/mol. The zero-order chi connectivity index (χ0) is 17.1. The van der Waals surface area contributed by atoms with Crippen LogP contribution in [0.1, 0.15) is 0 Å². The van der Waals surface area contributed by atoms with Crippen LogP contribution in [0.4, 0.5) is 0 Å². The lowest BCUT2D eigenvalue weighted by molar-refractivity contribution is -0.582. The predicted octanol–water partition coefficient (Wildman–Crippen LogP) is 3.84. The van der Waals surface area contributed by atoms with Crippen LogP contribution in [0.2, 0.25) is 0 Å². The van der Waals surface area contributed by atoms with E-state index in [2.05, 4.69) is 0 Å². The van der Waals surface area contributed by atoms with Gasteiger partial charge < -0.3 is 15.2 Å². The van der Waals surface area contributed by atoms with Gasteiger partial charge in [-0.2, -0.15) is 0 Å². The highest BCUT2D eigenvalue weighted by molar-refractivity contribution is 6.13. The summed E-state index contributed by atoms with van der Waals surface area (Å²) >= 11 is 0. The molecule has 3 aromatic carbocycles. The van der Waals surface area contributed by atoms with Crippen molar-refractivity contribution >= 4 is 10.8 Å². The van der Waals surface area contributed by atoms with Gasteiger partial charge in [0.25, 0.3) is 0 Å². The van der Waals surface area contributed by atoms with E-state index in [0.717, 1.165) is 31.4 Å². The standard InChI is InChI=1S/C20H14N2O3/c1-25-14-10-8-13(9-11-14)20-21(23)18-15-6-2-4-12-5-3-7-16(17(12)15)19(18)22(20)24/h2-11,23H,1H3. The molecule has 0 radical (unpaired) electrons. The van der Waals surface area contributed by atoms with Crippen LogP contribution in [0, 0.1) is 5.21 Å². The number of nitrogens with zero attached hydrogens (tertiary/aromatic N) is 2. The van der Waals surface area contributed by atoms with E-state index in [-0.39, 0.29) is 5.82 Å². The largest absolute Gasteiger partial charge is 0.710 e.